The van der Waals surface area contributed by atoms with Crippen molar-refractivity contribution in [2.45, 2.75) is 56.9 Å². The Morgan fingerprint density at radius 3 is 2.71 bits per heavy atom. The van der Waals surface area contributed by atoms with Gasteiger partial charge in [0.25, 0.3) is 0 Å². The van der Waals surface area contributed by atoms with Crippen molar-refractivity contribution in [1.82, 2.24) is 10.6 Å². The number of carbonyl (C=O) groups is 1. The lowest BCUT2D eigenvalue weighted by molar-refractivity contribution is -0.138. The van der Waals surface area contributed by atoms with Gasteiger partial charge in [-0.05, 0) is 42.9 Å². The van der Waals surface area contributed by atoms with Gasteiger partial charge in [0.05, 0.1) is 11.6 Å². The fraction of sp³-hybridized carbons (Fsp3) is 0.588. The van der Waals surface area contributed by atoms with E-state index < -0.39 is 17.6 Å². The Morgan fingerprint density at radius 2 is 2.00 bits per heavy atom. The molecule has 3 nitrogen and oxygen atoms in total. The molecule has 1 saturated carbocycles. The van der Waals surface area contributed by atoms with Crippen LogP contribution in [0, 0.1) is 11.7 Å². The third kappa shape index (κ3) is 3.71. The van der Waals surface area contributed by atoms with E-state index in [4.69, 9.17) is 0 Å². The van der Waals surface area contributed by atoms with Crippen LogP contribution in [0.5, 0.6) is 0 Å². The molecule has 1 saturated heterocycles. The largest absolute Gasteiger partial charge is 0.416 e. The van der Waals surface area contributed by atoms with Gasteiger partial charge in [0, 0.05) is 12.6 Å². The molecule has 3 atom stereocenters. The van der Waals surface area contributed by atoms with E-state index in [1.165, 1.54) is 6.42 Å². The number of fused-ring (bicyclic) bond motifs is 1. The minimum Gasteiger partial charge on any atom is -0.351 e. The molecule has 1 heterocycles. The van der Waals surface area contributed by atoms with Crippen molar-refractivity contribution in [3.8, 4) is 0 Å². The van der Waals surface area contributed by atoms with Crippen molar-refractivity contribution < 1.29 is 22.4 Å². The Labute approximate surface area is 137 Å². The average Bonchev–Trinajstić information content (AvgIpc) is 2.96. The first kappa shape index (κ1) is 17.2. The van der Waals surface area contributed by atoms with E-state index in [2.05, 4.69) is 10.6 Å². The number of halogens is 4. The first-order valence-corrected chi connectivity index (χ1v) is 8.24. The first-order chi connectivity index (χ1) is 11.3. The van der Waals surface area contributed by atoms with Crippen LogP contribution in [0.15, 0.2) is 18.2 Å². The molecule has 0 bridgehead atoms. The molecule has 1 aliphatic carbocycles. The summed E-state index contributed by atoms with van der Waals surface area (Å²) in [4.78, 5) is 12.3. The van der Waals surface area contributed by atoms with Crippen LogP contribution in [0.25, 0.3) is 0 Å². The molecule has 7 heteroatoms. The first-order valence-electron chi connectivity index (χ1n) is 8.24. The van der Waals surface area contributed by atoms with E-state index in [1.54, 1.807) is 0 Å². The average molecular weight is 344 g/mol. The van der Waals surface area contributed by atoms with Crippen LogP contribution in [0.4, 0.5) is 17.6 Å². The quantitative estimate of drug-likeness (QED) is 0.826. The highest BCUT2D eigenvalue weighted by Gasteiger charge is 2.38. The van der Waals surface area contributed by atoms with Gasteiger partial charge in [-0.2, -0.15) is 13.2 Å². The summed E-state index contributed by atoms with van der Waals surface area (Å²) >= 11 is 0. The molecule has 1 aromatic rings. The molecule has 0 aromatic heterocycles. The Morgan fingerprint density at radius 1 is 1.25 bits per heavy atom. The molecular formula is C17H20F4N2O. The van der Waals surface area contributed by atoms with Crippen LogP contribution >= 0.6 is 0 Å². The number of benzene rings is 1. The highest BCUT2D eigenvalue weighted by atomic mass is 19.4. The summed E-state index contributed by atoms with van der Waals surface area (Å²) < 4.78 is 52.0. The molecule has 0 radical (unpaired) electrons. The molecule has 0 spiro atoms. The standard InChI is InChI=1S/C17H20F4N2O/c18-12-6-5-11(13(8-12)17(19,20)21)9-22-16(24)15-7-10-3-1-2-4-14(10)23-15/h5-6,8,10,14-15,23H,1-4,7,9H2,(H,22,24). The second-order valence-corrected chi connectivity index (χ2v) is 6.62. The van der Waals surface area contributed by atoms with Crippen molar-refractivity contribution >= 4 is 5.91 Å². The smallest absolute Gasteiger partial charge is 0.351 e. The lowest BCUT2D eigenvalue weighted by atomic mass is 9.85. The third-order valence-electron chi connectivity index (χ3n) is 5.01. The maximum atomic E-state index is 13.1. The van der Waals surface area contributed by atoms with Gasteiger partial charge in [0.1, 0.15) is 5.82 Å². The number of hydrogen-bond acceptors (Lipinski definition) is 2. The van der Waals surface area contributed by atoms with E-state index in [9.17, 15) is 22.4 Å². The summed E-state index contributed by atoms with van der Waals surface area (Å²) in [6.45, 7) is -0.262. The second-order valence-electron chi connectivity index (χ2n) is 6.62. The molecule has 1 amide bonds. The lowest BCUT2D eigenvalue weighted by Crippen LogP contribution is -2.43. The van der Waals surface area contributed by atoms with E-state index >= 15 is 0 Å². The van der Waals surface area contributed by atoms with Crippen LogP contribution in [0.1, 0.15) is 43.2 Å². The highest BCUT2D eigenvalue weighted by Crippen LogP contribution is 2.34. The van der Waals surface area contributed by atoms with Crippen LogP contribution in [-0.2, 0) is 17.5 Å². The number of carbonyl (C=O) groups excluding carboxylic acids is 1. The van der Waals surface area contributed by atoms with Crippen molar-refractivity contribution in [2.75, 3.05) is 0 Å². The SMILES string of the molecule is O=C(NCc1ccc(F)cc1C(F)(F)F)C1CC2CCCCC2N1. The Bertz CT molecular complexity index is 603. The van der Waals surface area contributed by atoms with E-state index in [-0.39, 0.29) is 24.1 Å². The van der Waals surface area contributed by atoms with Gasteiger partial charge in [0.15, 0.2) is 0 Å². The minimum absolute atomic E-state index is 0.132. The zero-order valence-corrected chi connectivity index (χ0v) is 13.1. The summed E-state index contributed by atoms with van der Waals surface area (Å²) in [5, 5.41) is 5.85. The van der Waals surface area contributed by atoms with E-state index in [0.717, 1.165) is 37.8 Å². The minimum atomic E-state index is -4.65. The predicted octanol–water partition coefficient (Wildman–Crippen LogP) is 3.38. The van der Waals surface area contributed by atoms with Gasteiger partial charge >= 0.3 is 6.18 Å². The Balaban J connectivity index is 1.63. The van der Waals surface area contributed by atoms with Crippen molar-refractivity contribution in [1.29, 1.82) is 0 Å². The third-order valence-corrected chi connectivity index (χ3v) is 5.01. The molecule has 1 aromatic carbocycles. The monoisotopic (exact) mass is 344 g/mol. The van der Waals surface area contributed by atoms with Gasteiger partial charge in [-0.15, -0.1) is 0 Å². The number of hydrogen-bond donors (Lipinski definition) is 2. The molecular weight excluding hydrogens is 324 g/mol. The number of nitrogens with one attached hydrogen (secondary N) is 2. The van der Waals surface area contributed by atoms with Crippen molar-refractivity contribution in [3.05, 3.63) is 35.1 Å². The number of amides is 1. The maximum absolute atomic E-state index is 13.1. The predicted molar refractivity (Wildman–Crippen MR) is 80.5 cm³/mol. The zero-order valence-electron chi connectivity index (χ0n) is 13.1. The molecule has 2 N–H and O–H groups in total. The highest BCUT2D eigenvalue weighted by molar-refractivity contribution is 5.82. The van der Waals surface area contributed by atoms with Crippen molar-refractivity contribution in [3.63, 3.8) is 0 Å². The van der Waals surface area contributed by atoms with Gasteiger partial charge in [0.2, 0.25) is 5.91 Å². The van der Waals surface area contributed by atoms with Crippen LogP contribution in [-0.4, -0.2) is 18.0 Å². The maximum Gasteiger partial charge on any atom is 0.416 e. The van der Waals surface area contributed by atoms with Crippen molar-refractivity contribution in [2.24, 2.45) is 5.92 Å². The Hall–Kier alpha value is -1.63. The van der Waals surface area contributed by atoms with Crippen LogP contribution < -0.4 is 10.6 Å². The molecule has 3 rings (SSSR count). The number of alkyl halides is 3. The van der Waals surface area contributed by atoms with Gasteiger partial charge in [-0.3, -0.25) is 4.79 Å². The van der Waals surface area contributed by atoms with E-state index in [0.29, 0.717) is 18.0 Å². The second kappa shape index (κ2) is 6.70. The van der Waals surface area contributed by atoms with Crippen LogP contribution in [0.2, 0.25) is 0 Å². The number of rotatable bonds is 3. The fourth-order valence-corrected chi connectivity index (χ4v) is 3.79. The topological polar surface area (TPSA) is 41.1 Å². The lowest BCUT2D eigenvalue weighted by Gasteiger charge is -2.24. The normalized spacial score (nSPS) is 26.9. The molecule has 2 fully saturated rings. The summed E-state index contributed by atoms with van der Waals surface area (Å²) in [5.74, 6) is -0.758. The summed E-state index contributed by atoms with van der Waals surface area (Å²) in [6, 6.07) is 2.49. The fourth-order valence-electron chi connectivity index (χ4n) is 3.79. The Kier molecular flexibility index (Phi) is 4.80. The van der Waals surface area contributed by atoms with Gasteiger partial charge < -0.3 is 10.6 Å². The molecule has 24 heavy (non-hydrogen) atoms. The van der Waals surface area contributed by atoms with Crippen LogP contribution in [0.3, 0.4) is 0 Å². The molecule has 1 aliphatic heterocycles. The summed E-state index contributed by atoms with van der Waals surface area (Å²) in [5.41, 5.74) is -1.18. The summed E-state index contributed by atoms with van der Waals surface area (Å²) in [6.07, 6.45) is 0.533. The van der Waals surface area contributed by atoms with Gasteiger partial charge in [-0.25, -0.2) is 4.39 Å². The zero-order chi connectivity index (χ0) is 17.3. The molecule has 2 aliphatic rings. The van der Waals surface area contributed by atoms with Gasteiger partial charge in [-0.1, -0.05) is 18.9 Å². The molecule has 132 valence electrons. The summed E-state index contributed by atoms with van der Waals surface area (Å²) in [7, 11) is 0. The van der Waals surface area contributed by atoms with E-state index in [1.807, 2.05) is 0 Å². The molecule has 3 unspecified atom stereocenters.